The third-order valence-corrected chi connectivity index (χ3v) is 4.75. The first-order valence-electron chi connectivity index (χ1n) is 9.42. The molecule has 2 aliphatic heterocycles. The van der Waals surface area contributed by atoms with E-state index in [0.29, 0.717) is 23.3 Å². The minimum Gasteiger partial charge on any atom is -0.379 e. The molecule has 0 aromatic carbocycles. The number of aliphatic imine (C=N–C) groups is 1. The van der Waals surface area contributed by atoms with Crippen LogP contribution in [0, 0.1) is 5.92 Å². The number of guanidine groups is 1. The molecule has 0 aromatic rings. The van der Waals surface area contributed by atoms with Crippen LogP contribution in [-0.4, -0.2) is 105 Å². The second-order valence-corrected chi connectivity index (χ2v) is 7.05. The van der Waals surface area contributed by atoms with Crippen molar-refractivity contribution >= 4 is 35.8 Å². The number of ether oxygens (including phenoxy) is 1. The second kappa shape index (κ2) is 12.0. The summed E-state index contributed by atoms with van der Waals surface area (Å²) in [6.45, 7) is 7.11. The lowest BCUT2D eigenvalue weighted by molar-refractivity contribution is -0.157. The van der Waals surface area contributed by atoms with Crippen LogP contribution in [0.15, 0.2) is 4.99 Å². The molecule has 2 heterocycles. The number of likely N-dealkylation sites (tertiary alicyclic amines) is 1. The van der Waals surface area contributed by atoms with Gasteiger partial charge < -0.3 is 19.9 Å². The lowest BCUT2D eigenvalue weighted by Crippen LogP contribution is -2.43. The Morgan fingerprint density at radius 1 is 1.29 bits per heavy atom. The number of rotatable bonds is 6. The summed E-state index contributed by atoms with van der Waals surface area (Å²) < 4.78 is 42.6. The second-order valence-electron chi connectivity index (χ2n) is 7.05. The Kier molecular flexibility index (Phi) is 10.8. The van der Waals surface area contributed by atoms with E-state index in [-0.39, 0.29) is 30.5 Å². The average molecular weight is 521 g/mol. The van der Waals surface area contributed by atoms with E-state index in [1.807, 2.05) is 6.92 Å². The fourth-order valence-corrected chi connectivity index (χ4v) is 3.37. The van der Waals surface area contributed by atoms with E-state index in [1.165, 1.54) is 0 Å². The molecule has 7 nitrogen and oxygen atoms in total. The first kappa shape index (κ1) is 25.2. The van der Waals surface area contributed by atoms with Crippen molar-refractivity contribution < 1.29 is 22.7 Å². The monoisotopic (exact) mass is 521 g/mol. The molecule has 0 aliphatic carbocycles. The van der Waals surface area contributed by atoms with Crippen molar-refractivity contribution in [2.45, 2.75) is 19.5 Å². The van der Waals surface area contributed by atoms with Crippen molar-refractivity contribution in [2.24, 2.45) is 10.9 Å². The normalized spacial score (nSPS) is 21.4. The van der Waals surface area contributed by atoms with Crippen LogP contribution in [0.2, 0.25) is 0 Å². The van der Waals surface area contributed by atoms with E-state index in [0.717, 1.165) is 59.4 Å². The molecule has 164 valence electrons. The van der Waals surface area contributed by atoms with E-state index >= 15 is 0 Å². The van der Waals surface area contributed by atoms with Crippen LogP contribution in [0.5, 0.6) is 0 Å². The molecule has 1 atom stereocenters. The smallest absolute Gasteiger partial charge is 0.379 e. The average Bonchev–Trinajstić information content (AvgIpc) is 3.06. The molecule has 2 aliphatic rings. The van der Waals surface area contributed by atoms with Crippen molar-refractivity contribution in [1.82, 2.24) is 20.0 Å². The zero-order chi connectivity index (χ0) is 19.9. The Morgan fingerprint density at radius 3 is 2.57 bits per heavy atom. The van der Waals surface area contributed by atoms with Gasteiger partial charge in [0.15, 0.2) is 5.96 Å². The number of carbonyl (C=O) groups excluding carboxylic acids is 1. The summed E-state index contributed by atoms with van der Waals surface area (Å²) in [4.78, 5) is 21.3. The number of hydrogen-bond donors (Lipinski definition) is 1. The number of likely N-dealkylation sites (N-methyl/N-ethyl adjacent to an activating group) is 1. The molecule has 1 amide bonds. The van der Waals surface area contributed by atoms with Gasteiger partial charge in [-0.2, -0.15) is 13.2 Å². The van der Waals surface area contributed by atoms with E-state index in [1.54, 1.807) is 0 Å². The van der Waals surface area contributed by atoms with E-state index in [9.17, 15) is 18.0 Å². The number of hydrogen-bond acceptors (Lipinski definition) is 4. The minimum atomic E-state index is -4.40. The van der Waals surface area contributed by atoms with Crippen LogP contribution in [0.3, 0.4) is 0 Å². The number of alkyl halides is 3. The van der Waals surface area contributed by atoms with Gasteiger partial charge in [0.05, 0.1) is 13.2 Å². The summed E-state index contributed by atoms with van der Waals surface area (Å²) in [6, 6.07) is 0. The maximum absolute atomic E-state index is 12.4. The van der Waals surface area contributed by atoms with Crippen LogP contribution in [0.4, 0.5) is 13.2 Å². The molecule has 11 heteroatoms. The third-order valence-electron chi connectivity index (χ3n) is 4.75. The molecule has 2 saturated heterocycles. The Balaban J connectivity index is 0.00000392. The molecular formula is C17H31F3IN5O2. The third kappa shape index (κ3) is 8.68. The van der Waals surface area contributed by atoms with Gasteiger partial charge in [-0.1, -0.05) is 0 Å². The first-order chi connectivity index (χ1) is 12.8. The fraction of sp³-hybridized carbons (Fsp3) is 0.882. The van der Waals surface area contributed by atoms with Gasteiger partial charge >= 0.3 is 6.18 Å². The molecule has 0 spiro atoms. The molecule has 2 fully saturated rings. The van der Waals surface area contributed by atoms with Crippen LogP contribution in [-0.2, 0) is 9.53 Å². The number of amides is 1. The highest BCUT2D eigenvalue weighted by molar-refractivity contribution is 14.0. The number of morpholine rings is 1. The molecule has 1 N–H and O–H groups in total. The quantitative estimate of drug-likeness (QED) is 0.324. The van der Waals surface area contributed by atoms with Gasteiger partial charge in [0, 0.05) is 46.3 Å². The van der Waals surface area contributed by atoms with Crippen molar-refractivity contribution in [3.05, 3.63) is 0 Å². The van der Waals surface area contributed by atoms with Gasteiger partial charge in [0.1, 0.15) is 13.1 Å². The van der Waals surface area contributed by atoms with E-state index in [2.05, 4.69) is 20.1 Å². The van der Waals surface area contributed by atoms with Gasteiger partial charge in [-0.15, -0.1) is 24.0 Å². The van der Waals surface area contributed by atoms with Crippen LogP contribution in [0.1, 0.15) is 13.3 Å². The maximum Gasteiger partial charge on any atom is 0.406 e. The van der Waals surface area contributed by atoms with Crippen LogP contribution < -0.4 is 5.32 Å². The molecule has 0 radical (unpaired) electrons. The standard InChI is InChI=1S/C17H30F3N5O2.HI/c1-3-21-16(22-10-15(26)23(2)13-17(18,19)20)25-5-4-14(12-25)11-24-6-8-27-9-7-24;/h14H,3-13H2,1-2H3,(H,21,22);1H. The summed E-state index contributed by atoms with van der Waals surface area (Å²) >= 11 is 0. The number of nitrogens with zero attached hydrogens (tertiary/aromatic N) is 4. The van der Waals surface area contributed by atoms with E-state index in [4.69, 9.17) is 4.74 Å². The summed E-state index contributed by atoms with van der Waals surface area (Å²) in [5, 5.41) is 3.14. The fourth-order valence-electron chi connectivity index (χ4n) is 3.37. The Bertz CT molecular complexity index is 516. The van der Waals surface area contributed by atoms with Gasteiger partial charge in [0.25, 0.3) is 0 Å². The predicted octanol–water partition coefficient (Wildman–Crippen LogP) is 1.24. The highest BCUT2D eigenvalue weighted by Gasteiger charge is 2.31. The minimum absolute atomic E-state index is 0. The Morgan fingerprint density at radius 2 is 1.96 bits per heavy atom. The lowest BCUT2D eigenvalue weighted by atomic mass is 10.1. The molecule has 2 rings (SSSR count). The molecule has 0 saturated carbocycles. The topological polar surface area (TPSA) is 60.4 Å². The lowest BCUT2D eigenvalue weighted by Gasteiger charge is -2.29. The maximum atomic E-state index is 12.4. The van der Waals surface area contributed by atoms with E-state index < -0.39 is 18.6 Å². The van der Waals surface area contributed by atoms with Gasteiger partial charge in [-0.3, -0.25) is 9.69 Å². The zero-order valence-corrected chi connectivity index (χ0v) is 18.8. The molecular weight excluding hydrogens is 490 g/mol. The largest absolute Gasteiger partial charge is 0.406 e. The summed E-state index contributed by atoms with van der Waals surface area (Å²) in [6.07, 6.45) is -3.37. The highest BCUT2D eigenvalue weighted by atomic mass is 127. The number of nitrogens with one attached hydrogen (secondary N) is 1. The predicted molar refractivity (Wildman–Crippen MR) is 112 cm³/mol. The highest BCUT2D eigenvalue weighted by Crippen LogP contribution is 2.18. The first-order valence-corrected chi connectivity index (χ1v) is 9.42. The summed E-state index contributed by atoms with van der Waals surface area (Å²) in [5.41, 5.74) is 0. The molecule has 28 heavy (non-hydrogen) atoms. The Hall–Kier alpha value is -0.820. The summed E-state index contributed by atoms with van der Waals surface area (Å²) in [7, 11) is 1.15. The van der Waals surface area contributed by atoms with Crippen LogP contribution in [0.25, 0.3) is 0 Å². The Labute approximate surface area is 181 Å². The van der Waals surface area contributed by atoms with Crippen LogP contribution >= 0.6 is 24.0 Å². The molecule has 0 bridgehead atoms. The molecule has 1 unspecified atom stereocenters. The summed E-state index contributed by atoms with van der Waals surface area (Å²) in [5.74, 6) is 0.457. The SMILES string of the molecule is CCNC(=NCC(=O)N(C)CC(F)(F)F)N1CCC(CN2CCOCC2)C1.I. The van der Waals surface area contributed by atoms with Crippen molar-refractivity contribution in [1.29, 1.82) is 0 Å². The van der Waals surface area contributed by atoms with Gasteiger partial charge in [-0.25, -0.2) is 4.99 Å². The molecule has 0 aromatic heterocycles. The number of carbonyl (C=O) groups is 1. The zero-order valence-electron chi connectivity index (χ0n) is 16.5. The van der Waals surface area contributed by atoms with Crippen molar-refractivity contribution in [2.75, 3.05) is 72.6 Å². The van der Waals surface area contributed by atoms with Gasteiger partial charge in [-0.05, 0) is 19.3 Å². The van der Waals surface area contributed by atoms with Crippen molar-refractivity contribution in [3.8, 4) is 0 Å². The van der Waals surface area contributed by atoms with Gasteiger partial charge in [0.2, 0.25) is 5.91 Å². The van der Waals surface area contributed by atoms with Crippen molar-refractivity contribution in [3.63, 3.8) is 0 Å². The number of halogens is 4.